The van der Waals surface area contributed by atoms with E-state index in [0.29, 0.717) is 17.8 Å². The molecular formula is C12H16N2O. The third-order valence-electron chi connectivity index (χ3n) is 2.03. The molecule has 0 saturated carbocycles. The molecule has 80 valence electrons. The van der Waals surface area contributed by atoms with Crippen LogP contribution in [0.25, 0.3) is 0 Å². The van der Waals surface area contributed by atoms with Crippen LogP contribution in [0.15, 0.2) is 30.4 Å². The standard InChI is InChI=1S/C12H16N2O/c1-8(2)7-14-10-4-5-11(9(3)15)12(13)6-10/h4-6,14H,1,7,13H2,2-3H3. The van der Waals surface area contributed by atoms with Gasteiger partial charge in [-0.3, -0.25) is 4.79 Å². The van der Waals surface area contributed by atoms with Crippen molar-refractivity contribution in [2.45, 2.75) is 13.8 Å². The lowest BCUT2D eigenvalue weighted by molar-refractivity contribution is 0.101. The molecule has 0 saturated heterocycles. The van der Waals surface area contributed by atoms with Gasteiger partial charge in [0.1, 0.15) is 0 Å². The van der Waals surface area contributed by atoms with E-state index in [2.05, 4.69) is 11.9 Å². The van der Waals surface area contributed by atoms with Gasteiger partial charge >= 0.3 is 0 Å². The number of nitrogen functional groups attached to an aromatic ring is 1. The summed E-state index contributed by atoms with van der Waals surface area (Å²) in [6, 6.07) is 5.34. The van der Waals surface area contributed by atoms with E-state index in [1.165, 1.54) is 6.92 Å². The highest BCUT2D eigenvalue weighted by Crippen LogP contribution is 2.18. The molecule has 3 heteroatoms. The first-order valence-electron chi connectivity index (χ1n) is 4.79. The number of benzene rings is 1. The number of hydrogen-bond acceptors (Lipinski definition) is 3. The van der Waals surface area contributed by atoms with Crippen LogP contribution in [0.2, 0.25) is 0 Å². The van der Waals surface area contributed by atoms with Crippen molar-refractivity contribution in [1.29, 1.82) is 0 Å². The molecule has 0 heterocycles. The number of anilines is 2. The zero-order valence-corrected chi connectivity index (χ0v) is 9.13. The van der Waals surface area contributed by atoms with Gasteiger partial charge in [-0.1, -0.05) is 12.2 Å². The predicted molar refractivity (Wildman–Crippen MR) is 64.2 cm³/mol. The normalized spacial score (nSPS) is 9.73. The summed E-state index contributed by atoms with van der Waals surface area (Å²) in [6.07, 6.45) is 0. The van der Waals surface area contributed by atoms with Crippen molar-refractivity contribution in [2.75, 3.05) is 17.6 Å². The van der Waals surface area contributed by atoms with Crippen molar-refractivity contribution >= 4 is 17.2 Å². The summed E-state index contributed by atoms with van der Waals surface area (Å²) in [5.41, 5.74) is 8.77. The molecule has 0 aliphatic rings. The molecule has 0 amide bonds. The average molecular weight is 204 g/mol. The van der Waals surface area contributed by atoms with Gasteiger partial charge in [-0.05, 0) is 32.0 Å². The van der Waals surface area contributed by atoms with E-state index >= 15 is 0 Å². The molecule has 0 radical (unpaired) electrons. The molecule has 1 rings (SSSR count). The lowest BCUT2D eigenvalue weighted by Crippen LogP contribution is -2.04. The number of carbonyl (C=O) groups excluding carboxylic acids is 1. The monoisotopic (exact) mass is 204 g/mol. The van der Waals surface area contributed by atoms with E-state index in [4.69, 9.17) is 5.73 Å². The van der Waals surface area contributed by atoms with Crippen LogP contribution >= 0.6 is 0 Å². The van der Waals surface area contributed by atoms with Crippen LogP contribution in [0.4, 0.5) is 11.4 Å². The Labute approximate surface area is 90.0 Å². The Bertz CT molecular complexity index is 397. The van der Waals surface area contributed by atoms with Crippen LogP contribution in [-0.2, 0) is 0 Å². The van der Waals surface area contributed by atoms with E-state index < -0.39 is 0 Å². The number of nitrogens with two attached hydrogens (primary N) is 1. The fourth-order valence-electron chi connectivity index (χ4n) is 1.25. The third-order valence-corrected chi connectivity index (χ3v) is 2.03. The fraction of sp³-hybridized carbons (Fsp3) is 0.250. The number of Topliss-reactive ketones (excluding diaryl/α,β-unsaturated/α-hetero) is 1. The average Bonchev–Trinajstić information content (AvgIpc) is 2.14. The van der Waals surface area contributed by atoms with E-state index in [0.717, 1.165) is 11.3 Å². The molecule has 0 aliphatic carbocycles. The first kappa shape index (κ1) is 11.3. The highest BCUT2D eigenvalue weighted by atomic mass is 16.1. The summed E-state index contributed by atoms with van der Waals surface area (Å²) in [7, 11) is 0. The second-order valence-corrected chi connectivity index (χ2v) is 3.67. The van der Waals surface area contributed by atoms with E-state index in [9.17, 15) is 4.79 Å². The fourth-order valence-corrected chi connectivity index (χ4v) is 1.25. The molecule has 0 spiro atoms. The number of rotatable bonds is 4. The Balaban J connectivity index is 2.82. The molecule has 0 atom stereocenters. The van der Waals surface area contributed by atoms with Crippen LogP contribution in [0.5, 0.6) is 0 Å². The van der Waals surface area contributed by atoms with Gasteiger partial charge in [-0.15, -0.1) is 0 Å². The Morgan fingerprint density at radius 3 is 2.60 bits per heavy atom. The van der Waals surface area contributed by atoms with Gasteiger partial charge in [-0.2, -0.15) is 0 Å². The minimum absolute atomic E-state index is 0.0149. The molecule has 3 N–H and O–H groups in total. The summed E-state index contributed by atoms with van der Waals surface area (Å²) in [4.78, 5) is 11.1. The van der Waals surface area contributed by atoms with Gasteiger partial charge in [0.25, 0.3) is 0 Å². The quantitative estimate of drug-likeness (QED) is 0.450. The molecule has 1 aromatic carbocycles. The summed E-state index contributed by atoms with van der Waals surface area (Å²) in [6.45, 7) is 7.95. The zero-order valence-electron chi connectivity index (χ0n) is 9.13. The topological polar surface area (TPSA) is 55.1 Å². The molecule has 0 unspecified atom stereocenters. The van der Waals surface area contributed by atoms with Crippen molar-refractivity contribution in [3.63, 3.8) is 0 Å². The molecule has 0 aromatic heterocycles. The Morgan fingerprint density at radius 2 is 2.13 bits per heavy atom. The van der Waals surface area contributed by atoms with Crippen molar-refractivity contribution < 1.29 is 4.79 Å². The Hall–Kier alpha value is -1.77. The Morgan fingerprint density at radius 1 is 1.47 bits per heavy atom. The smallest absolute Gasteiger partial charge is 0.161 e. The number of carbonyl (C=O) groups is 1. The minimum Gasteiger partial charge on any atom is -0.398 e. The van der Waals surface area contributed by atoms with Crippen LogP contribution in [0.3, 0.4) is 0 Å². The maximum absolute atomic E-state index is 11.1. The first-order valence-corrected chi connectivity index (χ1v) is 4.79. The molecule has 3 nitrogen and oxygen atoms in total. The van der Waals surface area contributed by atoms with E-state index in [1.807, 2.05) is 13.0 Å². The Kier molecular flexibility index (Phi) is 3.50. The van der Waals surface area contributed by atoms with Crippen molar-refractivity contribution in [3.05, 3.63) is 35.9 Å². The minimum atomic E-state index is -0.0149. The second-order valence-electron chi connectivity index (χ2n) is 3.67. The van der Waals surface area contributed by atoms with Gasteiger partial charge in [-0.25, -0.2) is 0 Å². The van der Waals surface area contributed by atoms with Crippen molar-refractivity contribution in [3.8, 4) is 0 Å². The van der Waals surface area contributed by atoms with E-state index in [-0.39, 0.29) is 5.78 Å². The molecule has 0 fully saturated rings. The van der Waals surface area contributed by atoms with Crippen LogP contribution in [-0.4, -0.2) is 12.3 Å². The lowest BCUT2D eigenvalue weighted by atomic mass is 10.1. The summed E-state index contributed by atoms with van der Waals surface area (Å²) in [5.74, 6) is -0.0149. The summed E-state index contributed by atoms with van der Waals surface area (Å²) in [5, 5.41) is 3.16. The number of nitrogens with one attached hydrogen (secondary N) is 1. The van der Waals surface area contributed by atoms with Gasteiger partial charge in [0, 0.05) is 23.5 Å². The van der Waals surface area contributed by atoms with Gasteiger partial charge in [0.2, 0.25) is 0 Å². The lowest BCUT2D eigenvalue weighted by Gasteiger charge is -2.08. The predicted octanol–water partition coefficient (Wildman–Crippen LogP) is 2.46. The molecule has 1 aromatic rings. The van der Waals surface area contributed by atoms with Gasteiger partial charge in [0.05, 0.1) is 0 Å². The van der Waals surface area contributed by atoms with Crippen molar-refractivity contribution in [2.24, 2.45) is 0 Å². The van der Waals surface area contributed by atoms with Crippen LogP contribution in [0, 0.1) is 0 Å². The number of ketones is 1. The highest BCUT2D eigenvalue weighted by molar-refractivity contribution is 5.99. The maximum atomic E-state index is 11.1. The third kappa shape index (κ3) is 3.13. The summed E-state index contributed by atoms with van der Waals surface area (Å²) >= 11 is 0. The van der Waals surface area contributed by atoms with Crippen molar-refractivity contribution in [1.82, 2.24) is 0 Å². The largest absolute Gasteiger partial charge is 0.398 e. The maximum Gasteiger partial charge on any atom is 0.161 e. The molecular weight excluding hydrogens is 188 g/mol. The zero-order chi connectivity index (χ0) is 11.4. The SMILES string of the molecule is C=C(C)CNc1ccc(C(C)=O)c(N)c1. The number of hydrogen-bond donors (Lipinski definition) is 2. The van der Waals surface area contributed by atoms with Crippen LogP contribution < -0.4 is 11.1 Å². The van der Waals surface area contributed by atoms with Gasteiger partial charge in [0.15, 0.2) is 5.78 Å². The summed E-state index contributed by atoms with van der Waals surface area (Å²) < 4.78 is 0. The molecule has 0 aliphatic heterocycles. The van der Waals surface area contributed by atoms with E-state index in [1.54, 1.807) is 12.1 Å². The first-order chi connectivity index (χ1) is 7.00. The van der Waals surface area contributed by atoms with Crippen LogP contribution in [0.1, 0.15) is 24.2 Å². The second kappa shape index (κ2) is 4.64. The highest BCUT2D eigenvalue weighted by Gasteiger charge is 2.04. The molecule has 15 heavy (non-hydrogen) atoms. The molecule has 0 bridgehead atoms. The van der Waals surface area contributed by atoms with Gasteiger partial charge < -0.3 is 11.1 Å².